The van der Waals surface area contributed by atoms with Crippen molar-refractivity contribution in [1.82, 2.24) is 19.2 Å². The number of aliphatic hydroxyl groups excluding tert-OH is 1. The molecule has 2 atom stereocenters. The number of hydrogen-bond donors (Lipinski definition) is 2. The molecule has 0 spiro atoms. The largest absolute Gasteiger partial charge is 0.416 e. The van der Waals surface area contributed by atoms with Crippen LogP contribution in [0.2, 0.25) is 0 Å². The predicted octanol–water partition coefficient (Wildman–Crippen LogP) is 0.603. The molecule has 8 nitrogen and oxygen atoms in total. The van der Waals surface area contributed by atoms with Gasteiger partial charge in [-0.15, -0.1) is 0 Å². The number of β-amino-alcohol motifs (C(OH)–C–C–N with tert-alkyl or cyclic N) is 1. The van der Waals surface area contributed by atoms with Crippen LogP contribution in [0.25, 0.3) is 0 Å². The number of carbonyl (C=O) groups is 1. The van der Waals surface area contributed by atoms with Crippen LogP contribution in [0.1, 0.15) is 15.9 Å². The normalized spacial score (nSPS) is 21.0. The molecule has 0 unspecified atom stereocenters. The van der Waals surface area contributed by atoms with Crippen LogP contribution in [0, 0.1) is 0 Å². The van der Waals surface area contributed by atoms with Gasteiger partial charge in [-0.2, -0.15) is 17.5 Å². The highest BCUT2D eigenvalue weighted by Gasteiger charge is 2.40. The Bertz CT molecular complexity index is 973. The number of imidazole rings is 1. The Balaban J connectivity index is 1.69. The molecule has 1 aliphatic rings. The van der Waals surface area contributed by atoms with Crippen molar-refractivity contribution in [3.05, 3.63) is 47.9 Å². The number of aliphatic hydroxyl groups is 1. The number of hydrogen-bond acceptors (Lipinski definition) is 5. The van der Waals surface area contributed by atoms with Crippen molar-refractivity contribution in [3.63, 3.8) is 0 Å². The monoisotopic (exact) mass is 418 g/mol. The van der Waals surface area contributed by atoms with Crippen LogP contribution in [-0.4, -0.2) is 58.5 Å². The second-order valence-corrected chi connectivity index (χ2v) is 8.31. The number of nitrogens with zero attached hydrogens (tertiary/aromatic N) is 3. The summed E-state index contributed by atoms with van der Waals surface area (Å²) in [6.45, 7) is -0.427. The summed E-state index contributed by atoms with van der Waals surface area (Å²) in [7, 11) is -2.33. The van der Waals surface area contributed by atoms with Gasteiger partial charge in [-0.1, -0.05) is 0 Å². The van der Waals surface area contributed by atoms with Gasteiger partial charge in [0.1, 0.15) is 0 Å². The summed E-state index contributed by atoms with van der Waals surface area (Å²) in [5.41, 5.74) is -0.927. The fourth-order valence-electron chi connectivity index (χ4n) is 2.81. The number of rotatable bonds is 4. The zero-order valence-corrected chi connectivity index (χ0v) is 15.4. The number of nitrogens with one attached hydrogen (secondary N) is 1. The Kier molecular flexibility index (Phi) is 5.21. The molecule has 1 amide bonds. The molecule has 28 heavy (non-hydrogen) atoms. The zero-order valence-electron chi connectivity index (χ0n) is 14.6. The first kappa shape index (κ1) is 20.3. The molecule has 0 saturated carbocycles. The topological polar surface area (TPSA) is 105 Å². The molecule has 1 fully saturated rings. The van der Waals surface area contributed by atoms with E-state index in [9.17, 15) is 31.5 Å². The van der Waals surface area contributed by atoms with Crippen LogP contribution < -0.4 is 5.32 Å². The molecule has 152 valence electrons. The smallest absolute Gasteiger partial charge is 0.390 e. The lowest BCUT2D eigenvalue weighted by Gasteiger charge is -2.16. The minimum absolute atomic E-state index is 0.0359. The molecular weight excluding hydrogens is 401 g/mol. The molecule has 2 N–H and O–H groups in total. The highest BCUT2D eigenvalue weighted by Crippen LogP contribution is 2.29. The van der Waals surface area contributed by atoms with Gasteiger partial charge in [0, 0.05) is 31.9 Å². The van der Waals surface area contributed by atoms with E-state index >= 15 is 0 Å². The van der Waals surface area contributed by atoms with E-state index in [4.69, 9.17) is 0 Å². The minimum Gasteiger partial charge on any atom is -0.390 e. The Hall–Kier alpha value is -2.44. The number of benzene rings is 1. The summed E-state index contributed by atoms with van der Waals surface area (Å²) in [6.07, 6.45) is -3.05. The predicted molar refractivity (Wildman–Crippen MR) is 90.7 cm³/mol. The van der Waals surface area contributed by atoms with Crippen LogP contribution in [0.5, 0.6) is 0 Å². The number of alkyl halides is 3. The van der Waals surface area contributed by atoms with E-state index < -0.39 is 39.8 Å². The van der Waals surface area contributed by atoms with Crippen molar-refractivity contribution in [3.8, 4) is 0 Å². The summed E-state index contributed by atoms with van der Waals surface area (Å²) in [5, 5.41) is 12.4. The third-order valence-corrected chi connectivity index (χ3v) is 6.05. The summed E-state index contributed by atoms with van der Waals surface area (Å²) in [5.74, 6) is -0.713. The van der Waals surface area contributed by atoms with Gasteiger partial charge in [-0.25, -0.2) is 13.4 Å². The fraction of sp³-hybridized carbons (Fsp3) is 0.375. The fourth-order valence-corrected chi connectivity index (χ4v) is 4.26. The van der Waals surface area contributed by atoms with Gasteiger partial charge >= 0.3 is 6.18 Å². The maximum atomic E-state index is 12.6. The first-order valence-corrected chi connectivity index (χ1v) is 9.57. The lowest BCUT2D eigenvalue weighted by Crippen LogP contribution is -2.43. The first-order chi connectivity index (χ1) is 13.0. The number of carbonyl (C=O) groups excluding carboxylic acids is 1. The van der Waals surface area contributed by atoms with E-state index in [0.29, 0.717) is 0 Å². The van der Waals surface area contributed by atoms with Gasteiger partial charge in [0.25, 0.3) is 15.9 Å². The van der Waals surface area contributed by atoms with Crippen molar-refractivity contribution in [1.29, 1.82) is 0 Å². The van der Waals surface area contributed by atoms with Gasteiger partial charge in [0.05, 0.1) is 24.0 Å². The molecule has 0 aliphatic carbocycles. The van der Waals surface area contributed by atoms with Gasteiger partial charge in [-0.05, 0) is 24.3 Å². The number of amides is 1. The summed E-state index contributed by atoms with van der Waals surface area (Å²) >= 11 is 0. The van der Waals surface area contributed by atoms with Crippen molar-refractivity contribution in [2.24, 2.45) is 7.05 Å². The average molecular weight is 418 g/mol. The Morgan fingerprint density at radius 1 is 1.25 bits per heavy atom. The minimum atomic E-state index is -4.52. The maximum absolute atomic E-state index is 12.6. The highest BCUT2D eigenvalue weighted by atomic mass is 32.2. The van der Waals surface area contributed by atoms with E-state index in [0.717, 1.165) is 28.6 Å². The molecule has 2 aromatic rings. The van der Waals surface area contributed by atoms with E-state index in [1.165, 1.54) is 17.1 Å². The van der Waals surface area contributed by atoms with Crippen LogP contribution >= 0.6 is 0 Å². The molecule has 12 heteroatoms. The molecule has 3 rings (SSSR count). The number of halogens is 3. The molecule has 1 aromatic heterocycles. The lowest BCUT2D eigenvalue weighted by molar-refractivity contribution is -0.137. The van der Waals surface area contributed by atoms with Crippen LogP contribution in [0.3, 0.4) is 0 Å². The summed E-state index contributed by atoms with van der Waals surface area (Å²) in [6, 6.07) is 2.67. The Morgan fingerprint density at radius 2 is 1.89 bits per heavy atom. The van der Waals surface area contributed by atoms with E-state index in [1.54, 1.807) is 7.05 Å². The first-order valence-electron chi connectivity index (χ1n) is 8.13. The molecule has 1 aromatic carbocycles. The van der Waals surface area contributed by atoms with Crippen LogP contribution in [0.4, 0.5) is 13.2 Å². The lowest BCUT2D eigenvalue weighted by atomic mass is 10.1. The van der Waals surface area contributed by atoms with Gasteiger partial charge in [0.2, 0.25) is 0 Å². The third-order valence-electron chi connectivity index (χ3n) is 4.33. The molecule has 2 heterocycles. The standard InChI is InChI=1S/C16H17F3N4O4S/c1-22-8-14(20-9-22)28(26,27)23-6-12(13(24)7-23)21-15(25)10-2-4-11(5-3-10)16(17,18)19/h2-5,8-9,12-13,24H,6-7H2,1H3,(H,21,25)/t12-,13-/m1/s1. The summed E-state index contributed by atoms with van der Waals surface area (Å²) < 4.78 is 65.3. The Morgan fingerprint density at radius 3 is 2.43 bits per heavy atom. The zero-order chi connectivity index (χ0) is 20.7. The molecule has 0 radical (unpaired) electrons. The number of sulfonamides is 1. The summed E-state index contributed by atoms with van der Waals surface area (Å²) in [4.78, 5) is 16.0. The SMILES string of the molecule is Cn1cnc(S(=O)(=O)N2C[C@@H](O)[C@H](NC(=O)c3ccc(C(F)(F)F)cc3)C2)c1. The Labute approximate surface area is 158 Å². The van der Waals surface area contributed by atoms with Crippen molar-refractivity contribution >= 4 is 15.9 Å². The van der Waals surface area contributed by atoms with E-state index in [1.807, 2.05) is 0 Å². The third kappa shape index (κ3) is 4.03. The van der Waals surface area contributed by atoms with Crippen molar-refractivity contribution in [2.45, 2.75) is 23.3 Å². The maximum Gasteiger partial charge on any atom is 0.416 e. The molecule has 1 saturated heterocycles. The van der Waals surface area contributed by atoms with E-state index in [2.05, 4.69) is 10.3 Å². The van der Waals surface area contributed by atoms with Gasteiger partial charge in [-0.3, -0.25) is 4.79 Å². The molecule has 1 aliphatic heterocycles. The van der Waals surface area contributed by atoms with Crippen molar-refractivity contribution in [2.75, 3.05) is 13.1 Å². The van der Waals surface area contributed by atoms with Crippen molar-refractivity contribution < 1.29 is 31.5 Å². The average Bonchev–Trinajstić information content (AvgIpc) is 3.21. The second-order valence-electron chi connectivity index (χ2n) is 6.42. The number of aromatic nitrogens is 2. The van der Waals surface area contributed by atoms with Gasteiger partial charge in [0.15, 0.2) is 5.03 Å². The van der Waals surface area contributed by atoms with Gasteiger partial charge < -0.3 is 15.0 Å². The quantitative estimate of drug-likeness (QED) is 0.757. The highest BCUT2D eigenvalue weighted by molar-refractivity contribution is 7.89. The molecular formula is C16H17F3N4O4S. The molecule has 0 bridgehead atoms. The van der Waals surface area contributed by atoms with E-state index in [-0.39, 0.29) is 23.7 Å². The second kappa shape index (κ2) is 7.18. The van der Waals surface area contributed by atoms with Crippen LogP contribution in [0.15, 0.2) is 41.8 Å². The number of aryl methyl sites for hydroxylation is 1. The van der Waals surface area contributed by atoms with Crippen LogP contribution in [-0.2, 0) is 23.2 Å².